The molecule has 1 saturated heterocycles. The van der Waals surface area contributed by atoms with Crippen LogP contribution in [0.3, 0.4) is 0 Å². The van der Waals surface area contributed by atoms with Crippen LogP contribution in [0.25, 0.3) is 10.8 Å². The largest absolute Gasteiger partial charge is 0.497 e. The number of ether oxygens (including phenoxy) is 1. The molecule has 1 saturated carbocycles. The van der Waals surface area contributed by atoms with E-state index in [0.717, 1.165) is 47.8 Å². The Labute approximate surface area is 191 Å². The van der Waals surface area contributed by atoms with Gasteiger partial charge >= 0.3 is 0 Å². The highest BCUT2D eigenvalue weighted by Gasteiger charge is 2.38. The highest BCUT2D eigenvalue weighted by atomic mass is 32.2. The van der Waals surface area contributed by atoms with Crippen LogP contribution in [0.4, 0.5) is 0 Å². The summed E-state index contributed by atoms with van der Waals surface area (Å²) in [5.41, 5.74) is 1.14. The van der Waals surface area contributed by atoms with Crippen molar-refractivity contribution in [2.45, 2.75) is 57.2 Å². The summed E-state index contributed by atoms with van der Waals surface area (Å²) in [7, 11) is 0.593. The monoisotopic (exact) mass is 458 g/mol. The first-order valence-electron chi connectivity index (χ1n) is 11.6. The lowest BCUT2D eigenvalue weighted by molar-refractivity contribution is -0.137. The molecule has 2 aromatic rings. The van der Waals surface area contributed by atoms with Crippen molar-refractivity contribution < 1.29 is 17.9 Å². The summed E-state index contributed by atoms with van der Waals surface area (Å²) in [6.45, 7) is 0.961. The SMILES string of the molecule is COc1ccc2cc(CN(C)CC(=O)N(C3CCCCC3)C3CCS(=O)(=O)C3)ccc2c1. The van der Waals surface area contributed by atoms with Crippen LogP contribution in [0, 0.1) is 0 Å². The highest BCUT2D eigenvalue weighted by Crippen LogP contribution is 2.29. The van der Waals surface area contributed by atoms with Crippen LogP contribution in [0.1, 0.15) is 44.1 Å². The summed E-state index contributed by atoms with van der Waals surface area (Å²) in [5, 5.41) is 2.26. The fraction of sp³-hybridized carbons (Fsp3) is 0.560. The number of hydrogen-bond acceptors (Lipinski definition) is 5. The quantitative estimate of drug-likeness (QED) is 0.634. The molecule has 2 aliphatic rings. The van der Waals surface area contributed by atoms with Gasteiger partial charge in [-0.3, -0.25) is 9.69 Å². The number of sulfone groups is 1. The molecule has 0 radical (unpaired) electrons. The summed E-state index contributed by atoms with van der Waals surface area (Å²) in [6, 6.07) is 12.4. The van der Waals surface area contributed by atoms with Crippen molar-refractivity contribution in [3.63, 3.8) is 0 Å². The van der Waals surface area contributed by atoms with E-state index in [2.05, 4.69) is 18.2 Å². The Morgan fingerprint density at radius 2 is 1.72 bits per heavy atom. The Morgan fingerprint density at radius 1 is 1.00 bits per heavy atom. The Balaban J connectivity index is 1.44. The molecule has 2 aromatic carbocycles. The molecular formula is C25H34N2O4S. The number of rotatable bonds is 7. The minimum absolute atomic E-state index is 0.0621. The highest BCUT2D eigenvalue weighted by molar-refractivity contribution is 7.91. The number of hydrogen-bond donors (Lipinski definition) is 0. The molecule has 1 heterocycles. The number of methoxy groups -OCH3 is 1. The van der Waals surface area contributed by atoms with Crippen molar-refractivity contribution >= 4 is 26.5 Å². The summed E-state index contributed by atoms with van der Waals surface area (Å²) in [6.07, 6.45) is 5.98. The van der Waals surface area contributed by atoms with E-state index < -0.39 is 9.84 Å². The Hall–Kier alpha value is -2.12. The van der Waals surface area contributed by atoms with Crippen molar-refractivity contribution in [1.29, 1.82) is 0 Å². The first-order chi connectivity index (χ1) is 15.3. The average molecular weight is 459 g/mol. The van der Waals surface area contributed by atoms with E-state index >= 15 is 0 Å². The molecule has 1 aliphatic carbocycles. The molecule has 1 unspecified atom stereocenters. The number of amides is 1. The van der Waals surface area contributed by atoms with Crippen LogP contribution in [-0.4, -0.2) is 68.4 Å². The van der Waals surface area contributed by atoms with Gasteiger partial charge in [0.15, 0.2) is 9.84 Å². The normalized spacial score (nSPS) is 21.2. The van der Waals surface area contributed by atoms with E-state index in [9.17, 15) is 13.2 Å². The van der Waals surface area contributed by atoms with Gasteiger partial charge in [0, 0.05) is 18.6 Å². The van der Waals surface area contributed by atoms with E-state index in [0.29, 0.717) is 19.5 Å². The maximum atomic E-state index is 13.4. The third-order valence-electron chi connectivity index (χ3n) is 6.83. The fourth-order valence-electron chi connectivity index (χ4n) is 5.24. The second kappa shape index (κ2) is 9.79. The van der Waals surface area contributed by atoms with E-state index in [1.54, 1.807) is 7.11 Å². The van der Waals surface area contributed by atoms with Crippen LogP contribution >= 0.6 is 0 Å². The average Bonchev–Trinajstić information content (AvgIpc) is 3.13. The van der Waals surface area contributed by atoms with E-state index in [1.165, 1.54) is 6.42 Å². The zero-order valence-corrected chi connectivity index (χ0v) is 19.9. The number of fused-ring (bicyclic) bond motifs is 1. The molecular weight excluding hydrogens is 424 g/mol. The molecule has 1 amide bonds. The van der Waals surface area contributed by atoms with Crippen molar-refractivity contribution in [3.8, 4) is 5.75 Å². The van der Waals surface area contributed by atoms with E-state index in [-0.39, 0.29) is 29.5 Å². The number of likely N-dealkylation sites (N-methyl/N-ethyl adjacent to an activating group) is 1. The lowest BCUT2D eigenvalue weighted by atomic mass is 9.92. The van der Waals surface area contributed by atoms with Crippen LogP contribution in [0.15, 0.2) is 36.4 Å². The molecule has 0 aromatic heterocycles. The minimum atomic E-state index is -3.03. The first-order valence-corrected chi connectivity index (χ1v) is 13.4. The predicted molar refractivity (Wildman–Crippen MR) is 128 cm³/mol. The Bertz CT molecular complexity index is 1060. The number of carbonyl (C=O) groups is 1. The molecule has 6 nitrogen and oxygen atoms in total. The molecule has 174 valence electrons. The molecule has 32 heavy (non-hydrogen) atoms. The molecule has 2 fully saturated rings. The summed E-state index contributed by atoms with van der Waals surface area (Å²) in [5.74, 6) is 1.22. The Morgan fingerprint density at radius 3 is 2.41 bits per heavy atom. The number of benzene rings is 2. The van der Waals surface area contributed by atoms with Crippen molar-refractivity contribution in [1.82, 2.24) is 9.80 Å². The zero-order chi connectivity index (χ0) is 22.7. The summed E-state index contributed by atoms with van der Waals surface area (Å²) >= 11 is 0. The van der Waals surface area contributed by atoms with Crippen LogP contribution in [0.5, 0.6) is 5.75 Å². The third-order valence-corrected chi connectivity index (χ3v) is 8.58. The van der Waals surface area contributed by atoms with E-state index in [4.69, 9.17) is 4.74 Å². The Kier molecular flexibility index (Phi) is 7.05. The molecule has 1 atom stereocenters. The topological polar surface area (TPSA) is 66.9 Å². The van der Waals surface area contributed by atoms with E-state index in [1.807, 2.05) is 35.0 Å². The van der Waals surface area contributed by atoms with Crippen LogP contribution in [0.2, 0.25) is 0 Å². The zero-order valence-electron chi connectivity index (χ0n) is 19.1. The smallest absolute Gasteiger partial charge is 0.237 e. The molecule has 0 spiro atoms. The third kappa shape index (κ3) is 5.44. The molecule has 7 heteroatoms. The second-order valence-electron chi connectivity index (χ2n) is 9.37. The molecule has 4 rings (SSSR count). The standard InChI is InChI=1S/C25H34N2O4S/c1-26(16-19-8-9-21-15-24(31-2)11-10-20(21)14-19)17-25(28)27(22-6-4-3-5-7-22)23-12-13-32(29,30)18-23/h8-11,14-15,22-23H,3-7,12-13,16-18H2,1-2H3. The maximum Gasteiger partial charge on any atom is 0.237 e. The minimum Gasteiger partial charge on any atom is -0.497 e. The number of nitrogens with zero attached hydrogens (tertiary/aromatic N) is 2. The van der Waals surface area contributed by atoms with Gasteiger partial charge in [-0.05, 0) is 60.8 Å². The summed E-state index contributed by atoms with van der Waals surface area (Å²) < 4.78 is 29.5. The van der Waals surface area contributed by atoms with Gasteiger partial charge in [-0.2, -0.15) is 0 Å². The van der Waals surface area contributed by atoms with Gasteiger partial charge in [0.05, 0.1) is 25.2 Å². The van der Waals surface area contributed by atoms with Gasteiger partial charge < -0.3 is 9.64 Å². The maximum absolute atomic E-state index is 13.4. The lowest BCUT2D eigenvalue weighted by Gasteiger charge is -2.39. The predicted octanol–water partition coefficient (Wildman–Crippen LogP) is 3.63. The summed E-state index contributed by atoms with van der Waals surface area (Å²) in [4.78, 5) is 17.4. The van der Waals surface area contributed by atoms with Gasteiger partial charge in [0.1, 0.15) is 5.75 Å². The second-order valence-corrected chi connectivity index (χ2v) is 11.6. The van der Waals surface area contributed by atoms with Crippen molar-refractivity contribution in [3.05, 3.63) is 42.0 Å². The van der Waals surface area contributed by atoms with Crippen LogP contribution < -0.4 is 4.74 Å². The molecule has 0 N–H and O–H groups in total. The van der Waals surface area contributed by atoms with Crippen molar-refractivity contribution in [2.75, 3.05) is 32.2 Å². The van der Waals surface area contributed by atoms with Gasteiger partial charge in [-0.25, -0.2) is 8.42 Å². The molecule has 0 bridgehead atoms. The first kappa shape index (κ1) is 23.1. The van der Waals surface area contributed by atoms with Gasteiger partial charge in [0.2, 0.25) is 5.91 Å². The van der Waals surface area contributed by atoms with Crippen molar-refractivity contribution in [2.24, 2.45) is 0 Å². The number of carbonyl (C=O) groups excluding carboxylic acids is 1. The van der Waals surface area contributed by atoms with Gasteiger partial charge in [0.25, 0.3) is 0 Å². The molecule has 1 aliphatic heterocycles. The van der Waals surface area contributed by atoms with Gasteiger partial charge in [-0.1, -0.05) is 37.5 Å². The van der Waals surface area contributed by atoms with Gasteiger partial charge in [-0.15, -0.1) is 0 Å². The fourth-order valence-corrected chi connectivity index (χ4v) is 6.95. The lowest BCUT2D eigenvalue weighted by Crippen LogP contribution is -2.51. The van der Waals surface area contributed by atoms with Crippen LogP contribution in [-0.2, 0) is 21.2 Å².